The van der Waals surface area contributed by atoms with Gasteiger partial charge in [-0.15, -0.1) is 0 Å². The molecule has 29 heavy (non-hydrogen) atoms. The molecule has 2 N–H and O–H groups in total. The van der Waals surface area contributed by atoms with Crippen LogP contribution < -0.4 is 15.4 Å². The predicted molar refractivity (Wildman–Crippen MR) is 109 cm³/mol. The van der Waals surface area contributed by atoms with E-state index in [1.165, 1.54) is 4.90 Å². The lowest BCUT2D eigenvalue weighted by Gasteiger charge is -2.23. The third-order valence-corrected chi connectivity index (χ3v) is 4.64. The maximum absolute atomic E-state index is 12.8. The summed E-state index contributed by atoms with van der Waals surface area (Å²) in [5.41, 5.74) is 0.843. The Bertz CT molecular complexity index is 889. The number of halogens is 1. The van der Waals surface area contributed by atoms with Crippen LogP contribution in [0.25, 0.3) is 0 Å². The Morgan fingerprint density at radius 1 is 1.03 bits per heavy atom. The average Bonchev–Trinajstić information content (AvgIpc) is 2.73. The topological polar surface area (TPSA) is 87.7 Å². The number of amides is 3. The van der Waals surface area contributed by atoms with Gasteiger partial charge in [-0.3, -0.25) is 14.4 Å². The van der Waals surface area contributed by atoms with Gasteiger partial charge in [-0.25, -0.2) is 0 Å². The maximum atomic E-state index is 12.8. The van der Waals surface area contributed by atoms with Crippen molar-refractivity contribution in [2.24, 2.45) is 0 Å². The summed E-state index contributed by atoms with van der Waals surface area (Å²) in [4.78, 5) is 39.1. The van der Waals surface area contributed by atoms with Gasteiger partial charge in [-0.1, -0.05) is 29.8 Å². The molecule has 0 saturated heterocycles. The van der Waals surface area contributed by atoms with Gasteiger partial charge in [-0.2, -0.15) is 0 Å². The fraction of sp³-hybridized carbons (Fsp3) is 0.286. The number of carbonyl (C=O) groups is 3. The van der Waals surface area contributed by atoms with E-state index in [4.69, 9.17) is 16.3 Å². The monoisotopic (exact) mass is 415 g/mol. The van der Waals surface area contributed by atoms with E-state index in [1.54, 1.807) is 42.5 Å². The zero-order chi connectivity index (χ0) is 20.6. The molecule has 0 aliphatic carbocycles. The van der Waals surface area contributed by atoms with Crippen LogP contribution in [0.4, 0.5) is 0 Å². The Balaban J connectivity index is 1.74. The van der Waals surface area contributed by atoms with E-state index >= 15 is 0 Å². The van der Waals surface area contributed by atoms with E-state index in [9.17, 15) is 14.4 Å². The molecule has 152 valence electrons. The normalized spacial score (nSPS) is 16.0. The van der Waals surface area contributed by atoms with E-state index in [0.717, 1.165) is 0 Å². The second-order valence-corrected chi connectivity index (χ2v) is 6.98. The number of fused-ring (bicyclic) bond motifs is 1. The van der Waals surface area contributed by atoms with E-state index < -0.39 is 0 Å². The molecular weight excluding hydrogens is 394 g/mol. The number of hydrogen-bond donors (Lipinski definition) is 2. The first-order chi connectivity index (χ1) is 14.0. The molecule has 0 bridgehead atoms. The number of benzene rings is 2. The fourth-order valence-electron chi connectivity index (χ4n) is 2.97. The number of rotatable bonds is 1. The molecule has 1 aliphatic heterocycles. The minimum absolute atomic E-state index is 0.0616. The molecule has 0 atom stereocenters. The summed E-state index contributed by atoms with van der Waals surface area (Å²) in [6.45, 7) is 1.04. The highest BCUT2D eigenvalue weighted by Gasteiger charge is 2.20. The minimum Gasteiger partial charge on any atom is -0.491 e. The quantitative estimate of drug-likeness (QED) is 0.746. The summed E-state index contributed by atoms with van der Waals surface area (Å²) < 4.78 is 5.64. The second-order valence-electron chi connectivity index (χ2n) is 6.54. The van der Waals surface area contributed by atoms with Crippen LogP contribution in [0.3, 0.4) is 0 Å². The second kappa shape index (κ2) is 9.93. The van der Waals surface area contributed by atoms with Crippen molar-refractivity contribution in [2.75, 3.05) is 32.8 Å². The Kier molecular flexibility index (Phi) is 7.08. The summed E-state index contributed by atoms with van der Waals surface area (Å²) in [6, 6.07) is 13.6. The fourth-order valence-corrected chi connectivity index (χ4v) is 3.14. The first kappa shape index (κ1) is 20.7. The summed E-state index contributed by atoms with van der Waals surface area (Å²) in [5, 5.41) is 5.98. The first-order valence-corrected chi connectivity index (χ1v) is 9.74. The van der Waals surface area contributed by atoms with E-state index in [0.29, 0.717) is 41.4 Å². The SMILES string of the molecule is O=C1CN(C(=O)c2ccccc2)CCCNC(=O)c2cc(Cl)ccc2OCCN1. The lowest BCUT2D eigenvalue weighted by atomic mass is 10.1. The Hall–Kier alpha value is -3.06. The first-order valence-electron chi connectivity index (χ1n) is 9.36. The van der Waals surface area contributed by atoms with E-state index in [1.807, 2.05) is 6.07 Å². The van der Waals surface area contributed by atoms with Crippen molar-refractivity contribution >= 4 is 29.3 Å². The molecule has 8 heteroatoms. The molecule has 2 aromatic rings. The number of nitrogens with one attached hydrogen (secondary N) is 2. The molecule has 2 aromatic carbocycles. The molecule has 1 aliphatic rings. The average molecular weight is 416 g/mol. The third kappa shape index (κ3) is 5.71. The van der Waals surface area contributed by atoms with Crippen LogP contribution >= 0.6 is 11.6 Å². The molecular formula is C21H22ClN3O4. The van der Waals surface area contributed by atoms with Crippen molar-refractivity contribution in [3.05, 3.63) is 64.7 Å². The predicted octanol–water partition coefficient (Wildman–Crippen LogP) is 2.11. The van der Waals surface area contributed by atoms with Crippen LogP contribution in [-0.2, 0) is 4.79 Å². The molecule has 1 heterocycles. The summed E-state index contributed by atoms with van der Waals surface area (Å²) >= 11 is 6.01. The lowest BCUT2D eigenvalue weighted by Crippen LogP contribution is -2.43. The highest BCUT2D eigenvalue weighted by atomic mass is 35.5. The summed E-state index contributed by atoms with van der Waals surface area (Å²) in [5.74, 6) is -0.397. The van der Waals surface area contributed by atoms with Crippen molar-refractivity contribution in [1.82, 2.24) is 15.5 Å². The van der Waals surface area contributed by atoms with Crippen molar-refractivity contribution in [3.8, 4) is 5.75 Å². The van der Waals surface area contributed by atoms with Crippen LogP contribution in [0.2, 0.25) is 5.02 Å². The Labute approximate surface area is 174 Å². The van der Waals surface area contributed by atoms with Crippen LogP contribution in [0.1, 0.15) is 27.1 Å². The van der Waals surface area contributed by atoms with Gasteiger partial charge >= 0.3 is 0 Å². The highest BCUT2D eigenvalue weighted by Crippen LogP contribution is 2.23. The molecule has 0 unspecified atom stereocenters. The van der Waals surface area contributed by atoms with Gasteiger partial charge < -0.3 is 20.3 Å². The van der Waals surface area contributed by atoms with Gasteiger partial charge in [0.1, 0.15) is 12.4 Å². The molecule has 0 aromatic heterocycles. The molecule has 3 rings (SSSR count). The standard InChI is InChI=1S/C21H22ClN3O4/c22-16-7-8-18-17(13-16)20(27)24-9-4-11-25(14-19(26)23-10-12-29-18)21(28)15-5-2-1-3-6-15/h1-3,5-8,13H,4,9-12,14H2,(H,23,26)(H,24,27). The third-order valence-electron chi connectivity index (χ3n) is 4.40. The molecule has 0 saturated carbocycles. The lowest BCUT2D eigenvalue weighted by molar-refractivity contribution is -0.121. The molecule has 3 amide bonds. The van der Waals surface area contributed by atoms with Crippen molar-refractivity contribution in [2.45, 2.75) is 6.42 Å². The van der Waals surface area contributed by atoms with Crippen molar-refractivity contribution < 1.29 is 19.1 Å². The van der Waals surface area contributed by atoms with Gasteiger partial charge in [0.2, 0.25) is 5.91 Å². The van der Waals surface area contributed by atoms with E-state index in [2.05, 4.69) is 10.6 Å². The molecule has 0 fully saturated rings. The smallest absolute Gasteiger partial charge is 0.255 e. The minimum atomic E-state index is -0.301. The molecule has 0 radical (unpaired) electrons. The highest BCUT2D eigenvalue weighted by molar-refractivity contribution is 6.31. The van der Waals surface area contributed by atoms with E-state index in [-0.39, 0.29) is 37.4 Å². The van der Waals surface area contributed by atoms with Gasteiger partial charge in [0.15, 0.2) is 0 Å². The van der Waals surface area contributed by atoms with Crippen LogP contribution in [-0.4, -0.2) is 55.4 Å². The van der Waals surface area contributed by atoms with Gasteiger partial charge in [-0.05, 0) is 36.8 Å². The zero-order valence-corrected chi connectivity index (χ0v) is 16.6. The van der Waals surface area contributed by atoms with Gasteiger partial charge in [0, 0.05) is 23.7 Å². The summed E-state index contributed by atoms with van der Waals surface area (Å²) in [7, 11) is 0. The van der Waals surface area contributed by atoms with Crippen molar-refractivity contribution in [3.63, 3.8) is 0 Å². The number of ether oxygens (including phenoxy) is 1. The van der Waals surface area contributed by atoms with Gasteiger partial charge in [0.25, 0.3) is 11.8 Å². The Morgan fingerprint density at radius 2 is 1.83 bits per heavy atom. The van der Waals surface area contributed by atoms with Crippen LogP contribution in [0, 0.1) is 0 Å². The van der Waals surface area contributed by atoms with Crippen molar-refractivity contribution in [1.29, 1.82) is 0 Å². The van der Waals surface area contributed by atoms with Gasteiger partial charge in [0.05, 0.1) is 18.7 Å². The largest absolute Gasteiger partial charge is 0.491 e. The molecule has 0 spiro atoms. The zero-order valence-electron chi connectivity index (χ0n) is 15.8. The molecule has 7 nitrogen and oxygen atoms in total. The Morgan fingerprint density at radius 3 is 2.62 bits per heavy atom. The number of carbonyl (C=O) groups excluding carboxylic acids is 3. The number of nitrogens with zero attached hydrogens (tertiary/aromatic N) is 1. The van der Waals surface area contributed by atoms with Crippen LogP contribution in [0.15, 0.2) is 48.5 Å². The summed E-state index contributed by atoms with van der Waals surface area (Å²) in [6.07, 6.45) is 0.494. The maximum Gasteiger partial charge on any atom is 0.255 e. The number of hydrogen-bond acceptors (Lipinski definition) is 4. The van der Waals surface area contributed by atoms with Crippen LogP contribution in [0.5, 0.6) is 5.75 Å².